The summed E-state index contributed by atoms with van der Waals surface area (Å²) in [6.45, 7) is 4.09. The van der Waals surface area contributed by atoms with Crippen molar-refractivity contribution in [1.29, 1.82) is 0 Å². The fourth-order valence-corrected chi connectivity index (χ4v) is 3.24. The number of hydrogen-bond donors (Lipinski definition) is 0. The molecule has 2 aromatic carbocycles. The zero-order valence-electron chi connectivity index (χ0n) is 12.7. The molecule has 2 aromatic rings. The number of carbonyl (C=O) groups excluding carboxylic acids is 1. The first-order valence-electron chi connectivity index (χ1n) is 7.49. The van der Waals surface area contributed by atoms with Crippen LogP contribution < -0.4 is 4.90 Å². The van der Waals surface area contributed by atoms with E-state index >= 15 is 0 Å². The van der Waals surface area contributed by atoms with Crippen LogP contribution in [0, 0.1) is 0 Å². The second-order valence-electron chi connectivity index (χ2n) is 5.40. The van der Waals surface area contributed by atoms with Crippen molar-refractivity contribution < 1.29 is 9.53 Å². The second kappa shape index (κ2) is 5.65. The number of cyclic esters (lactones) is 1. The number of para-hydroxylation sites is 1. The largest absolute Gasteiger partial charge is 0.437 e. The van der Waals surface area contributed by atoms with E-state index < -0.39 is 5.60 Å². The number of hydrogen-bond acceptors (Lipinski definition) is 2. The van der Waals surface area contributed by atoms with E-state index in [0.29, 0.717) is 10.7 Å². The number of rotatable bonds is 3. The number of amides is 1. The van der Waals surface area contributed by atoms with E-state index in [9.17, 15) is 4.79 Å². The molecule has 3 rings (SSSR count). The van der Waals surface area contributed by atoms with Crippen LogP contribution in [0.1, 0.15) is 32.3 Å². The average molecular weight is 316 g/mol. The van der Waals surface area contributed by atoms with Gasteiger partial charge in [-0.1, -0.05) is 49.7 Å². The Morgan fingerprint density at radius 3 is 2.50 bits per heavy atom. The van der Waals surface area contributed by atoms with Gasteiger partial charge in [-0.3, -0.25) is 0 Å². The Balaban J connectivity index is 2.19. The molecule has 1 aliphatic heterocycles. The van der Waals surface area contributed by atoms with Gasteiger partial charge >= 0.3 is 6.09 Å². The van der Waals surface area contributed by atoms with Crippen molar-refractivity contribution in [3.63, 3.8) is 0 Å². The predicted molar refractivity (Wildman–Crippen MR) is 88.8 cm³/mol. The van der Waals surface area contributed by atoms with Gasteiger partial charge in [-0.25, -0.2) is 9.69 Å². The summed E-state index contributed by atoms with van der Waals surface area (Å²) >= 11 is 6.07. The van der Waals surface area contributed by atoms with Gasteiger partial charge in [0.15, 0.2) is 0 Å². The third-order valence-electron chi connectivity index (χ3n) is 4.31. The molecule has 1 heterocycles. The summed E-state index contributed by atoms with van der Waals surface area (Å²) in [5.41, 5.74) is 2.07. The van der Waals surface area contributed by atoms with Crippen molar-refractivity contribution in [2.75, 3.05) is 4.90 Å². The van der Waals surface area contributed by atoms with Crippen molar-refractivity contribution in [3.8, 4) is 0 Å². The summed E-state index contributed by atoms with van der Waals surface area (Å²) in [6.07, 6.45) is 1.13. The summed E-state index contributed by atoms with van der Waals surface area (Å²) in [6, 6.07) is 15.1. The van der Waals surface area contributed by atoms with Gasteiger partial charge in [0.25, 0.3) is 0 Å². The van der Waals surface area contributed by atoms with Crippen LogP contribution in [0.3, 0.4) is 0 Å². The van der Waals surface area contributed by atoms with Crippen LogP contribution in [0.25, 0.3) is 0 Å². The minimum atomic E-state index is -0.553. The summed E-state index contributed by atoms with van der Waals surface area (Å²) < 4.78 is 5.85. The molecule has 0 N–H and O–H groups in total. The van der Waals surface area contributed by atoms with Gasteiger partial charge in [-0.2, -0.15) is 0 Å². The summed E-state index contributed by atoms with van der Waals surface area (Å²) in [5, 5.41) is 0.589. The fraction of sp³-hybridized carbons (Fsp3) is 0.278. The number of anilines is 2. The standard InChI is InChI=1S/C18H18ClNO2/c1-3-18(4-2)15-10-5-6-11-16(15)20(17(21)22-18)14-9-7-8-13(19)12-14/h5-12H,3-4H2,1-2H3. The molecule has 1 amide bonds. The van der Waals surface area contributed by atoms with Crippen LogP contribution in [0.4, 0.5) is 16.2 Å². The van der Waals surface area contributed by atoms with Crippen molar-refractivity contribution >= 4 is 29.1 Å². The molecule has 0 radical (unpaired) electrons. The molecule has 0 saturated heterocycles. The Bertz CT molecular complexity index is 710. The van der Waals surface area contributed by atoms with E-state index in [-0.39, 0.29) is 6.09 Å². The van der Waals surface area contributed by atoms with Crippen LogP contribution in [-0.4, -0.2) is 6.09 Å². The first-order chi connectivity index (χ1) is 10.6. The van der Waals surface area contributed by atoms with Crippen LogP contribution in [0.15, 0.2) is 48.5 Å². The maximum atomic E-state index is 12.7. The van der Waals surface area contributed by atoms with Gasteiger partial charge < -0.3 is 4.74 Å². The predicted octanol–water partition coefficient (Wildman–Crippen LogP) is 5.64. The Labute approximate surface area is 135 Å². The summed E-state index contributed by atoms with van der Waals surface area (Å²) in [5.74, 6) is 0. The van der Waals surface area contributed by atoms with Crippen LogP contribution >= 0.6 is 11.6 Å². The van der Waals surface area contributed by atoms with E-state index in [0.717, 1.165) is 24.1 Å². The van der Waals surface area contributed by atoms with Crippen molar-refractivity contribution in [2.45, 2.75) is 32.3 Å². The van der Waals surface area contributed by atoms with Crippen LogP contribution in [-0.2, 0) is 10.3 Å². The van der Waals surface area contributed by atoms with E-state index in [1.807, 2.05) is 50.2 Å². The van der Waals surface area contributed by atoms with Gasteiger partial charge in [0, 0.05) is 10.6 Å². The van der Waals surface area contributed by atoms with Crippen LogP contribution in [0.2, 0.25) is 5.02 Å². The number of ether oxygens (including phenoxy) is 1. The molecule has 0 unspecified atom stereocenters. The summed E-state index contributed by atoms with van der Waals surface area (Å²) in [7, 11) is 0. The topological polar surface area (TPSA) is 29.5 Å². The summed E-state index contributed by atoms with van der Waals surface area (Å²) in [4.78, 5) is 14.3. The van der Waals surface area contributed by atoms with E-state index in [4.69, 9.17) is 16.3 Å². The highest BCUT2D eigenvalue weighted by Gasteiger charge is 2.43. The van der Waals surface area contributed by atoms with Gasteiger partial charge in [0.05, 0.1) is 11.4 Å². The quantitative estimate of drug-likeness (QED) is 0.733. The molecule has 3 nitrogen and oxygen atoms in total. The highest BCUT2D eigenvalue weighted by molar-refractivity contribution is 6.31. The lowest BCUT2D eigenvalue weighted by Crippen LogP contribution is -2.43. The molecule has 0 aromatic heterocycles. The number of halogens is 1. The molecule has 0 aliphatic carbocycles. The maximum Gasteiger partial charge on any atom is 0.419 e. The zero-order valence-corrected chi connectivity index (χ0v) is 13.4. The van der Waals surface area contributed by atoms with Crippen LogP contribution in [0.5, 0.6) is 0 Å². The molecule has 0 bridgehead atoms. The molecular formula is C18H18ClNO2. The molecule has 0 fully saturated rings. The van der Waals surface area contributed by atoms with Gasteiger partial charge in [0.2, 0.25) is 0 Å². The highest BCUT2D eigenvalue weighted by atomic mass is 35.5. The molecular weight excluding hydrogens is 298 g/mol. The van der Waals surface area contributed by atoms with E-state index in [1.165, 1.54) is 0 Å². The van der Waals surface area contributed by atoms with Crippen molar-refractivity contribution in [1.82, 2.24) is 0 Å². The second-order valence-corrected chi connectivity index (χ2v) is 5.84. The Kier molecular flexibility index (Phi) is 3.83. The molecule has 0 saturated carbocycles. The lowest BCUT2D eigenvalue weighted by Gasteiger charge is -2.41. The third-order valence-corrected chi connectivity index (χ3v) is 4.54. The molecule has 4 heteroatoms. The number of benzene rings is 2. The Morgan fingerprint density at radius 1 is 1.09 bits per heavy atom. The molecule has 114 valence electrons. The minimum absolute atomic E-state index is 0.357. The molecule has 0 atom stereocenters. The Morgan fingerprint density at radius 2 is 1.82 bits per heavy atom. The van der Waals surface area contributed by atoms with Crippen molar-refractivity contribution in [3.05, 3.63) is 59.1 Å². The molecule has 22 heavy (non-hydrogen) atoms. The van der Waals surface area contributed by atoms with Crippen molar-refractivity contribution in [2.24, 2.45) is 0 Å². The lowest BCUT2D eigenvalue weighted by molar-refractivity contribution is 0.000778. The molecule has 1 aliphatic rings. The highest BCUT2D eigenvalue weighted by Crippen LogP contribution is 2.46. The number of nitrogens with zero attached hydrogens (tertiary/aromatic N) is 1. The number of carbonyl (C=O) groups is 1. The van der Waals surface area contributed by atoms with Gasteiger partial charge in [-0.15, -0.1) is 0 Å². The first-order valence-corrected chi connectivity index (χ1v) is 7.87. The van der Waals surface area contributed by atoms with Gasteiger partial charge in [0.1, 0.15) is 5.60 Å². The Hall–Kier alpha value is -2.00. The first kappa shape index (κ1) is 14.9. The van der Waals surface area contributed by atoms with Gasteiger partial charge in [-0.05, 0) is 37.1 Å². The number of fused-ring (bicyclic) bond motifs is 1. The SMILES string of the molecule is CCC1(CC)OC(=O)N(c2cccc(Cl)c2)c2ccccc21. The van der Waals surface area contributed by atoms with E-state index in [1.54, 1.807) is 17.0 Å². The monoisotopic (exact) mass is 315 g/mol. The molecule has 0 spiro atoms. The lowest BCUT2D eigenvalue weighted by atomic mass is 9.85. The minimum Gasteiger partial charge on any atom is -0.437 e. The maximum absolute atomic E-state index is 12.7. The third kappa shape index (κ3) is 2.26. The average Bonchev–Trinajstić information content (AvgIpc) is 2.54. The fourth-order valence-electron chi connectivity index (χ4n) is 3.05. The normalized spacial score (nSPS) is 16.1. The van der Waals surface area contributed by atoms with E-state index in [2.05, 4.69) is 0 Å². The zero-order chi connectivity index (χ0) is 15.7. The smallest absolute Gasteiger partial charge is 0.419 e.